The van der Waals surface area contributed by atoms with Crippen LogP contribution < -0.4 is 14.4 Å². The van der Waals surface area contributed by atoms with Crippen LogP contribution in [0.4, 0.5) is 10.5 Å². The van der Waals surface area contributed by atoms with Gasteiger partial charge >= 0.3 is 12.1 Å². The summed E-state index contributed by atoms with van der Waals surface area (Å²) < 4.78 is 23.6. The van der Waals surface area contributed by atoms with Crippen LogP contribution in [0.5, 0.6) is 11.5 Å². The maximum atomic E-state index is 13.2. The van der Waals surface area contributed by atoms with Crippen molar-refractivity contribution in [3.8, 4) is 11.5 Å². The van der Waals surface area contributed by atoms with Crippen LogP contribution in [0.3, 0.4) is 0 Å². The van der Waals surface area contributed by atoms with E-state index in [-0.39, 0.29) is 35.5 Å². The van der Waals surface area contributed by atoms with E-state index in [0.717, 1.165) is 11.3 Å². The second-order valence-corrected chi connectivity index (χ2v) is 10.9. The van der Waals surface area contributed by atoms with E-state index >= 15 is 0 Å². The molecule has 9 heteroatoms. The molecule has 2 aromatic rings. The van der Waals surface area contributed by atoms with Gasteiger partial charge in [0.2, 0.25) is 0 Å². The standard InChI is InChI=1S/C32H36N2O7/c1-20(2)16-25(35)24-10-11-26-28(30(24)38-4)31(36)39-19-22-17-21(3)18-27(29(22)40-26)41-32(37)34-14-12-33(13-15-34)23-8-6-5-7-9-23/h5-12,14,17-18,20,22,25,29,35H,13,15-16,19H2,1-4H3/t22?,25-,29?/m0/s1. The van der Waals surface area contributed by atoms with E-state index in [1.165, 1.54) is 12.0 Å². The quantitative estimate of drug-likeness (QED) is 0.457. The molecule has 0 spiro atoms. The zero-order valence-corrected chi connectivity index (χ0v) is 23.8. The average molecular weight is 561 g/mol. The number of hydrogen-bond acceptors (Lipinski definition) is 8. The van der Waals surface area contributed by atoms with E-state index in [2.05, 4.69) is 4.90 Å². The number of ether oxygens (including phenoxy) is 4. The number of nitrogens with zero attached hydrogens (tertiary/aromatic N) is 2. The number of hydrogen-bond donors (Lipinski definition) is 1. The van der Waals surface area contributed by atoms with Crippen molar-refractivity contribution < 1.29 is 33.6 Å². The minimum atomic E-state index is -0.826. The summed E-state index contributed by atoms with van der Waals surface area (Å²) in [6.07, 6.45) is 5.68. The number of carbonyl (C=O) groups excluding carboxylic acids is 2. The first-order valence-corrected chi connectivity index (χ1v) is 13.9. The molecule has 2 unspecified atom stereocenters. The molecule has 3 aliphatic rings. The molecule has 5 rings (SSSR count). The Morgan fingerprint density at radius 3 is 2.59 bits per heavy atom. The molecule has 0 saturated heterocycles. The summed E-state index contributed by atoms with van der Waals surface area (Å²) in [6, 6.07) is 13.3. The van der Waals surface area contributed by atoms with E-state index in [4.69, 9.17) is 18.9 Å². The van der Waals surface area contributed by atoms with Gasteiger partial charge < -0.3 is 29.0 Å². The summed E-state index contributed by atoms with van der Waals surface area (Å²) in [7, 11) is 1.45. The fourth-order valence-electron chi connectivity index (χ4n) is 5.34. The number of aliphatic hydroxyl groups excluding tert-OH is 1. The van der Waals surface area contributed by atoms with Crippen molar-refractivity contribution in [2.75, 3.05) is 31.7 Å². The molecule has 0 fully saturated rings. The maximum Gasteiger partial charge on any atom is 0.419 e. The van der Waals surface area contributed by atoms with Crippen LogP contribution in [0.15, 0.2) is 78.3 Å². The molecule has 0 radical (unpaired) electrons. The number of benzene rings is 2. The monoisotopic (exact) mass is 560 g/mol. The third kappa shape index (κ3) is 6.10. The van der Waals surface area contributed by atoms with Crippen molar-refractivity contribution in [1.82, 2.24) is 4.90 Å². The number of allylic oxidation sites excluding steroid dienone is 2. The van der Waals surface area contributed by atoms with E-state index < -0.39 is 24.3 Å². The summed E-state index contributed by atoms with van der Waals surface area (Å²) in [6.45, 7) is 6.99. The van der Waals surface area contributed by atoms with Gasteiger partial charge in [-0.2, -0.15) is 0 Å². The van der Waals surface area contributed by atoms with Gasteiger partial charge in [0.25, 0.3) is 0 Å². The molecule has 0 aromatic heterocycles. The second-order valence-electron chi connectivity index (χ2n) is 10.9. The highest BCUT2D eigenvalue weighted by atomic mass is 16.6. The zero-order valence-electron chi connectivity index (χ0n) is 23.8. The first-order chi connectivity index (χ1) is 19.7. The van der Waals surface area contributed by atoms with Crippen molar-refractivity contribution in [3.63, 3.8) is 0 Å². The number of fused-ring (bicyclic) bond motifs is 2. The number of methoxy groups -OCH3 is 1. The van der Waals surface area contributed by atoms with Crippen molar-refractivity contribution in [3.05, 3.63) is 89.5 Å². The van der Waals surface area contributed by atoms with E-state index in [0.29, 0.717) is 30.8 Å². The first kappa shape index (κ1) is 28.3. The molecule has 1 amide bonds. The Kier molecular flexibility index (Phi) is 8.35. The Labute approximate surface area is 240 Å². The second kappa shape index (κ2) is 12.1. The normalized spacial score (nSPS) is 20.9. The molecular formula is C32H36N2O7. The summed E-state index contributed by atoms with van der Waals surface area (Å²) in [5.41, 5.74) is 2.49. The summed E-state index contributed by atoms with van der Waals surface area (Å²) in [4.78, 5) is 30.0. The third-order valence-electron chi connectivity index (χ3n) is 7.32. The lowest BCUT2D eigenvalue weighted by atomic mass is 9.91. The summed E-state index contributed by atoms with van der Waals surface area (Å²) >= 11 is 0. The topological polar surface area (TPSA) is 97.8 Å². The Balaban J connectivity index is 1.39. The van der Waals surface area contributed by atoms with Crippen molar-refractivity contribution in [1.29, 1.82) is 0 Å². The number of cyclic esters (lactones) is 1. The minimum Gasteiger partial charge on any atom is -0.495 e. The van der Waals surface area contributed by atoms with Gasteiger partial charge in [0.1, 0.15) is 23.7 Å². The minimum absolute atomic E-state index is 0.0206. The lowest BCUT2D eigenvalue weighted by molar-refractivity contribution is 0.0237. The van der Waals surface area contributed by atoms with E-state index in [9.17, 15) is 14.7 Å². The van der Waals surface area contributed by atoms with E-state index in [1.807, 2.05) is 63.4 Å². The largest absolute Gasteiger partial charge is 0.495 e. The van der Waals surface area contributed by atoms with Crippen LogP contribution >= 0.6 is 0 Å². The van der Waals surface area contributed by atoms with Gasteiger partial charge in [-0.15, -0.1) is 0 Å². The molecule has 2 heterocycles. The highest BCUT2D eigenvalue weighted by molar-refractivity contribution is 5.96. The first-order valence-electron chi connectivity index (χ1n) is 13.9. The van der Waals surface area contributed by atoms with Crippen LogP contribution in [-0.4, -0.2) is 55.0 Å². The Morgan fingerprint density at radius 1 is 1.12 bits per heavy atom. The van der Waals surface area contributed by atoms with Gasteiger partial charge in [0.15, 0.2) is 11.9 Å². The predicted molar refractivity (Wildman–Crippen MR) is 154 cm³/mol. The molecule has 9 nitrogen and oxygen atoms in total. The summed E-state index contributed by atoms with van der Waals surface area (Å²) in [5, 5.41) is 10.8. The molecule has 41 heavy (non-hydrogen) atoms. The van der Waals surface area contributed by atoms with Crippen LogP contribution in [0, 0.1) is 11.8 Å². The van der Waals surface area contributed by atoms with Crippen LogP contribution in [-0.2, 0) is 9.47 Å². The van der Waals surface area contributed by atoms with Gasteiger partial charge in [-0.1, -0.05) is 43.7 Å². The Morgan fingerprint density at radius 2 is 1.90 bits per heavy atom. The number of para-hydroxylation sites is 1. The Hall–Kier alpha value is -4.24. The van der Waals surface area contributed by atoms with Gasteiger partial charge in [-0.3, -0.25) is 4.90 Å². The highest BCUT2D eigenvalue weighted by Gasteiger charge is 2.38. The molecule has 0 saturated carbocycles. The number of aliphatic hydroxyl groups is 1. The van der Waals surface area contributed by atoms with Gasteiger partial charge in [0, 0.05) is 36.7 Å². The average Bonchev–Trinajstić information content (AvgIpc) is 2.96. The van der Waals surface area contributed by atoms with Crippen molar-refractivity contribution in [2.45, 2.75) is 39.4 Å². The molecule has 2 aliphatic heterocycles. The maximum absolute atomic E-state index is 13.2. The SMILES string of the molecule is COc1c([C@@H](O)CC(C)C)ccc2c1C(=O)OCC1C=C(C)C=C(OC(=O)N3C=CN(c4ccccc4)CC3)C1O2. The molecule has 2 aromatic carbocycles. The van der Waals surface area contributed by atoms with Crippen LogP contribution in [0.25, 0.3) is 0 Å². The molecular weight excluding hydrogens is 524 g/mol. The molecule has 1 aliphatic carbocycles. The van der Waals surface area contributed by atoms with Crippen LogP contribution in [0.1, 0.15) is 49.2 Å². The number of amides is 1. The van der Waals surface area contributed by atoms with Gasteiger partial charge in [0.05, 0.1) is 19.1 Å². The van der Waals surface area contributed by atoms with Crippen molar-refractivity contribution >= 4 is 17.7 Å². The fourth-order valence-corrected chi connectivity index (χ4v) is 5.34. The Bertz CT molecular complexity index is 1380. The third-order valence-corrected chi connectivity index (χ3v) is 7.32. The highest BCUT2D eigenvalue weighted by Crippen LogP contribution is 2.41. The van der Waals surface area contributed by atoms with Crippen LogP contribution in [0.2, 0.25) is 0 Å². The number of esters is 1. The lowest BCUT2D eigenvalue weighted by Gasteiger charge is -2.34. The summed E-state index contributed by atoms with van der Waals surface area (Å²) in [5.74, 6) is 0.0260. The smallest absolute Gasteiger partial charge is 0.419 e. The lowest BCUT2D eigenvalue weighted by Crippen LogP contribution is -2.41. The molecule has 3 atom stereocenters. The van der Waals surface area contributed by atoms with Crippen molar-refractivity contribution in [2.24, 2.45) is 11.8 Å². The molecule has 1 N–H and O–H groups in total. The number of rotatable bonds is 6. The van der Waals surface area contributed by atoms with Gasteiger partial charge in [-0.05, 0) is 49.6 Å². The fraction of sp³-hybridized carbons (Fsp3) is 0.375. The molecule has 216 valence electrons. The van der Waals surface area contributed by atoms with Gasteiger partial charge in [-0.25, -0.2) is 9.59 Å². The predicted octanol–water partition coefficient (Wildman–Crippen LogP) is 5.58. The number of anilines is 1. The molecule has 0 bridgehead atoms. The van der Waals surface area contributed by atoms with E-state index in [1.54, 1.807) is 24.4 Å². The number of carbonyl (C=O) groups is 2. The zero-order chi connectivity index (χ0) is 29.1.